The van der Waals surface area contributed by atoms with E-state index in [1.807, 2.05) is 84.9 Å². The SMILES string of the molecule is CC(C)(C)c1ccc(NC(=O)C(=O)NC(c2ccccc2)c2ccccc2)cc1. The maximum Gasteiger partial charge on any atom is 0.313 e. The van der Waals surface area contributed by atoms with Gasteiger partial charge in [-0.25, -0.2) is 0 Å². The van der Waals surface area contributed by atoms with E-state index in [4.69, 9.17) is 0 Å². The number of carbonyl (C=O) groups is 2. The summed E-state index contributed by atoms with van der Waals surface area (Å²) in [5, 5.41) is 5.53. The van der Waals surface area contributed by atoms with E-state index in [2.05, 4.69) is 31.4 Å². The molecule has 4 nitrogen and oxygen atoms in total. The van der Waals surface area contributed by atoms with E-state index < -0.39 is 17.9 Å². The van der Waals surface area contributed by atoms with Gasteiger partial charge < -0.3 is 10.6 Å². The van der Waals surface area contributed by atoms with Crippen LogP contribution in [-0.2, 0) is 15.0 Å². The van der Waals surface area contributed by atoms with Gasteiger partial charge in [-0.15, -0.1) is 0 Å². The Morgan fingerprint density at radius 3 is 1.62 bits per heavy atom. The van der Waals surface area contributed by atoms with Crippen molar-refractivity contribution in [2.45, 2.75) is 32.2 Å². The fourth-order valence-corrected chi connectivity index (χ4v) is 3.09. The standard InChI is InChI=1S/C25H26N2O2/c1-25(2,3)20-14-16-21(17-15-20)26-23(28)24(29)27-22(18-10-6-4-7-11-18)19-12-8-5-9-13-19/h4-17,22H,1-3H3,(H,26,28)(H,27,29). The smallest absolute Gasteiger partial charge is 0.313 e. The van der Waals surface area contributed by atoms with Crippen molar-refractivity contribution >= 4 is 17.5 Å². The van der Waals surface area contributed by atoms with Crippen molar-refractivity contribution in [1.29, 1.82) is 0 Å². The third-order valence-electron chi connectivity index (χ3n) is 4.76. The van der Waals surface area contributed by atoms with Crippen LogP contribution in [0.2, 0.25) is 0 Å². The van der Waals surface area contributed by atoms with Crippen LogP contribution < -0.4 is 10.6 Å². The first kappa shape index (κ1) is 20.3. The molecule has 0 aromatic heterocycles. The lowest BCUT2D eigenvalue weighted by atomic mass is 9.87. The number of rotatable bonds is 4. The first-order valence-corrected chi connectivity index (χ1v) is 9.67. The Morgan fingerprint density at radius 1 is 0.690 bits per heavy atom. The van der Waals surface area contributed by atoms with Gasteiger partial charge in [0.05, 0.1) is 6.04 Å². The van der Waals surface area contributed by atoms with E-state index in [0.717, 1.165) is 16.7 Å². The average Bonchev–Trinajstić information content (AvgIpc) is 2.73. The normalized spacial score (nSPS) is 11.2. The molecular formula is C25H26N2O2. The summed E-state index contributed by atoms with van der Waals surface area (Å²) in [7, 11) is 0. The zero-order valence-corrected chi connectivity index (χ0v) is 17.0. The number of anilines is 1. The van der Waals surface area contributed by atoms with Crippen LogP contribution in [0, 0.1) is 0 Å². The number of carbonyl (C=O) groups excluding carboxylic acids is 2. The van der Waals surface area contributed by atoms with Crippen molar-refractivity contribution in [3.8, 4) is 0 Å². The van der Waals surface area contributed by atoms with Gasteiger partial charge in [-0.3, -0.25) is 9.59 Å². The molecule has 148 valence electrons. The molecule has 0 fully saturated rings. The van der Waals surface area contributed by atoms with Crippen molar-refractivity contribution in [2.24, 2.45) is 0 Å². The van der Waals surface area contributed by atoms with Crippen LogP contribution >= 0.6 is 0 Å². The lowest BCUT2D eigenvalue weighted by Crippen LogP contribution is -2.38. The molecule has 0 aliphatic rings. The number of hydrogen-bond donors (Lipinski definition) is 2. The van der Waals surface area contributed by atoms with Gasteiger partial charge in [0.2, 0.25) is 0 Å². The second-order valence-electron chi connectivity index (χ2n) is 8.01. The summed E-state index contributed by atoms with van der Waals surface area (Å²) in [5.41, 5.74) is 3.60. The second-order valence-corrected chi connectivity index (χ2v) is 8.01. The van der Waals surface area contributed by atoms with Gasteiger partial charge >= 0.3 is 11.8 Å². The van der Waals surface area contributed by atoms with Crippen LogP contribution in [0.3, 0.4) is 0 Å². The highest BCUT2D eigenvalue weighted by molar-refractivity contribution is 6.39. The van der Waals surface area contributed by atoms with Gasteiger partial charge in [0.1, 0.15) is 0 Å². The fraction of sp³-hybridized carbons (Fsp3) is 0.200. The highest BCUT2D eigenvalue weighted by atomic mass is 16.2. The van der Waals surface area contributed by atoms with Crippen LogP contribution in [0.25, 0.3) is 0 Å². The van der Waals surface area contributed by atoms with Crippen LogP contribution in [0.1, 0.15) is 43.5 Å². The van der Waals surface area contributed by atoms with E-state index in [1.165, 1.54) is 0 Å². The molecule has 0 bridgehead atoms. The first-order chi connectivity index (χ1) is 13.8. The molecule has 0 heterocycles. The molecule has 29 heavy (non-hydrogen) atoms. The monoisotopic (exact) mass is 386 g/mol. The molecule has 0 saturated carbocycles. The minimum absolute atomic E-state index is 0.0263. The molecular weight excluding hydrogens is 360 g/mol. The van der Waals surface area contributed by atoms with Crippen LogP contribution in [0.15, 0.2) is 84.9 Å². The number of nitrogens with one attached hydrogen (secondary N) is 2. The zero-order valence-electron chi connectivity index (χ0n) is 17.0. The Balaban J connectivity index is 1.73. The molecule has 0 spiro atoms. The summed E-state index contributed by atoms with van der Waals surface area (Å²) in [4.78, 5) is 25.1. The van der Waals surface area contributed by atoms with Crippen molar-refractivity contribution in [1.82, 2.24) is 5.32 Å². The molecule has 0 aliphatic carbocycles. The summed E-state index contributed by atoms with van der Waals surface area (Å²) in [6, 6.07) is 26.4. The first-order valence-electron chi connectivity index (χ1n) is 9.67. The largest absolute Gasteiger partial charge is 0.337 e. The van der Waals surface area contributed by atoms with Gasteiger partial charge in [-0.2, -0.15) is 0 Å². The summed E-state index contributed by atoms with van der Waals surface area (Å²) < 4.78 is 0. The molecule has 0 atom stereocenters. The molecule has 2 amide bonds. The van der Waals surface area contributed by atoms with Gasteiger partial charge in [0.25, 0.3) is 0 Å². The van der Waals surface area contributed by atoms with Crippen molar-refractivity contribution in [2.75, 3.05) is 5.32 Å². The van der Waals surface area contributed by atoms with E-state index in [1.54, 1.807) is 0 Å². The van der Waals surface area contributed by atoms with Gasteiger partial charge in [-0.1, -0.05) is 93.6 Å². The van der Waals surface area contributed by atoms with E-state index in [-0.39, 0.29) is 5.41 Å². The van der Waals surface area contributed by atoms with E-state index >= 15 is 0 Å². The van der Waals surface area contributed by atoms with Crippen LogP contribution in [0.4, 0.5) is 5.69 Å². The van der Waals surface area contributed by atoms with Crippen molar-refractivity contribution < 1.29 is 9.59 Å². The third kappa shape index (κ3) is 5.32. The number of benzene rings is 3. The maximum absolute atomic E-state index is 12.6. The minimum atomic E-state index is -0.689. The Morgan fingerprint density at radius 2 is 1.17 bits per heavy atom. The Kier molecular flexibility index (Phi) is 6.13. The molecule has 0 unspecified atom stereocenters. The molecule has 4 heteroatoms. The highest BCUT2D eigenvalue weighted by Gasteiger charge is 2.21. The molecule has 3 rings (SSSR count). The Bertz CT molecular complexity index is 920. The molecule has 3 aromatic carbocycles. The summed E-state index contributed by atoms with van der Waals surface area (Å²) in [6.45, 7) is 6.38. The molecule has 0 aliphatic heterocycles. The summed E-state index contributed by atoms with van der Waals surface area (Å²) >= 11 is 0. The van der Waals surface area contributed by atoms with Crippen molar-refractivity contribution in [3.63, 3.8) is 0 Å². The van der Waals surface area contributed by atoms with Gasteiger partial charge in [0.15, 0.2) is 0 Å². The summed E-state index contributed by atoms with van der Waals surface area (Å²) in [5.74, 6) is -1.37. The van der Waals surface area contributed by atoms with E-state index in [0.29, 0.717) is 5.69 Å². The third-order valence-corrected chi connectivity index (χ3v) is 4.76. The van der Waals surface area contributed by atoms with Gasteiger partial charge in [-0.05, 0) is 34.2 Å². The maximum atomic E-state index is 12.6. The van der Waals surface area contributed by atoms with E-state index in [9.17, 15) is 9.59 Å². The lowest BCUT2D eigenvalue weighted by Gasteiger charge is -2.20. The topological polar surface area (TPSA) is 58.2 Å². The second kappa shape index (κ2) is 8.74. The predicted octanol–water partition coefficient (Wildman–Crippen LogP) is 4.83. The highest BCUT2D eigenvalue weighted by Crippen LogP contribution is 2.24. The minimum Gasteiger partial charge on any atom is -0.337 e. The molecule has 2 N–H and O–H groups in total. The molecule has 3 aromatic rings. The quantitative estimate of drug-likeness (QED) is 0.631. The lowest BCUT2D eigenvalue weighted by molar-refractivity contribution is -0.136. The van der Waals surface area contributed by atoms with Crippen molar-refractivity contribution in [3.05, 3.63) is 102 Å². The number of hydrogen-bond acceptors (Lipinski definition) is 2. The van der Waals surface area contributed by atoms with Gasteiger partial charge in [0, 0.05) is 5.69 Å². The van der Waals surface area contributed by atoms with Crippen LogP contribution in [-0.4, -0.2) is 11.8 Å². The summed E-state index contributed by atoms with van der Waals surface area (Å²) in [6.07, 6.45) is 0. The molecule has 0 saturated heterocycles. The fourth-order valence-electron chi connectivity index (χ4n) is 3.09. The predicted molar refractivity (Wildman–Crippen MR) is 117 cm³/mol. The Hall–Kier alpha value is -3.40. The number of amides is 2. The van der Waals surface area contributed by atoms with Crippen LogP contribution in [0.5, 0.6) is 0 Å². The Labute approximate surface area is 172 Å². The zero-order chi connectivity index (χ0) is 20.9. The average molecular weight is 386 g/mol. The molecule has 0 radical (unpaired) electrons.